The quantitative estimate of drug-likeness (QED) is 0.761. The summed E-state index contributed by atoms with van der Waals surface area (Å²) in [5.41, 5.74) is 1.36. The fourth-order valence-corrected chi connectivity index (χ4v) is 4.53. The molecule has 150 valence electrons. The summed E-state index contributed by atoms with van der Waals surface area (Å²) in [6, 6.07) is 8.65. The number of pyridine rings is 1. The van der Waals surface area contributed by atoms with E-state index in [9.17, 15) is 9.00 Å². The van der Waals surface area contributed by atoms with E-state index in [0.717, 1.165) is 24.5 Å². The summed E-state index contributed by atoms with van der Waals surface area (Å²) in [5, 5.41) is 5.88. The molecule has 2 N–H and O–H groups in total. The maximum atomic E-state index is 12.2. The largest absolute Gasteiger partial charge is 0.357 e. The normalized spacial score (nSPS) is 15.6. The predicted molar refractivity (Wildman–Crippen MR) is 115 cm³/mol. The van der Waals surface area contributed by atoms with Crippen molar-refractivity contribution in [1.82, 2.24) is 10.3 Å². The van der Waals surface area contributed by atoms with Crippen molar-refractivity contribution in [2.75, 3.05) is 29.6 Å². The third-order valence-electron chi connectivity index (χ3n) is 4.69. The Morgan fingerprint density at radius 1 is 1.18 bits per heavy atom. The molecule has 1 atom stereocenters. The van der Waals surface area contributed by atoms with Crippen LogP contribution in [0.1, 0.15) is 31.2 Å². The van der Waals surface area contributed by atoms with Gasteiger partial charge in [0.15, 0.2) is 0 Å². The van der Waals surface area contributed by atoms with Gasteiger partial charge in [-0.05, 0) is 36.6 Å². The molecule has 1 unspecified atom stereocenters. The van der Waals surface area contributed by atoms with Crippen LogP contribution < -0.4 is 15.5 Å². The van der Waals surface area contributed by atoms with Crippen LogP contribution in [0.25, 0.3) is 0 Å². The zero-order valence-electron chi connectivity index (χ0n) is 15.9. The number of carbonyl (C=O) groups is 1. The predicted octanol–water partition coefficient (Wildman–Crippen LogP) is 4.17. The zero-order chi connectivity index (χ0) is 19.9. The van der Waals surface area contributed by atoms with Gasteiger partial charge in [0.25, 0.3) is 0 Å². The lowest BCUT2D eigenvalue weighted by Crippen LogP contribution is -2.29. The zero-order valence-corrected chi connectivity index (χ0v) is 17.5. The molecule has 1 aliphatic rings. The molecule has 1 aliphatic heterocycles. The Morgan fingerprint density at radius 2 is 1.93 bits per heavy atom. The molecule has 8 heteroatoms. The van der Waals surface area contributed by atoms with Gasteiger partial charge in [-0.1, -0.05) is 36.6 Å². The fourth-order valence-electron chi connectivity index (χ4n) is 3.26. The minimum absolute atomic E-state index is 0.351. The summed E-state index contributed by atoms with van der Waals surface area (Å²) in [6.07, 6.45) is 8.31. The Hall–Kier alpha value is -2.12. The number of amides is 2. The first-order chi connectivity index (χ1) is 13.5. The van der Waals surface area contributed by atoms with Crippen molar-refractivity contribution >= 4 is 39.9 Å². The maximum absolute atomic E-state index is 12.2. The van der Waals surface area contributed by atoms with E-state index in [2.05, 4.69) is 20.5 Å². The van der Waals surface area contributed by atoms with E-state index in [1.807, 2.05) is 12.1 Å². The molecule has 2 aromatic rings. The number of rotatable bonds is 5. The molecule has 0 aliphatic carbocycles. The Kier molecular flexibility index (Phi) is 7.28. The van der Waals surface area contributed by atoms with Crippen molar-refractivity contribution in [3.63, 3.8) is 0 Å². The standard InChI is InChI=1S/C20H25ClN4O2S/c1-28(27)19-16(21)7-6-8-17(19)24-20(26)23-14-15-9-10-18(22-13-15)25-11-4-2-3-5-12-25/h6-10,13H,2-5,11-12,14H2,1H3,(H2,23,24,26). The van der Waals surface area contributed by atoms with Gasteiger partial charge in [-0.25, -0.2) is 9.78 Å². The molecule has 0 spiro atoms. The summed E-state index contributed by atoms with van der Waals surface area (Å²) < 4.78 is 11.9. The second-order valence-corrected chi connectivity index (χ2v) is 8.53. The Balaban J connectivity index is 1.56. The summed E-state index contributed by atoms with van der Waals surface area (Å²) in [4.78, 5) is 19.5. The first kappa shape index (κ1) is 20.6. The molecule has 0 saturated carbocycles. The van der Waals surface area contributed by atoms with Gasteiger partial charge < -0.3 is 15.5 Å². The van der Waals surface area contributed by atoms with E-state index >= 15 is 0 Å². The molecule has 0 radical (unpaired) electrons. The number of hydrogen-bond donors (Lipinski definition) is 2. The van der Waals surface area contributed by atoms with E-state index in [-0.39, 0.29) is 6.03 Å². The highest BCUT2D eigenvalue weighted by Gasteiger charge is 2.14. The monoisotopic (exact) mass is 420 g/mol. The van der Waals surface area contributed by atoms with Crippen LogP contribution >= 0.6 is 11.6 Å². The van der Waals surface area contributed by atoms with Crippen LogP contribution in [-0.2, 0) is 17.3 Å². The van der Waals surface area contributed by atoms with Crippen LogP contribution in [0.3, 0.4) is 0 Å². The number of nitrogens with one attached hydrogen (secondary N) is 2. The van der Waals surface area contributed by atoms with Gasteiger partial charge in [0.2, 0.25) is 0 Å². The van der Waals surface area contributed by atoms with E-state index in [4.69, 9.17) is 11.6 Å². The van der Waals surface area contributed by atoms with Crippen molar-refractivity contribution in [3.8, 4) is 0 Å². The van der Waals surface area contributed by atoms with Crippen molar-refractivity contribution < 1.29 is 9.00 Å². The molecule has 1 aromatic heterocycles. The van der Waals surface area contributed by atoms with Crippen LogP contribution in [0.4, 0.5) is 16.3 Å². The second-order valence-electron chi connectivity index (χ2n) is 6.80. The summed E-state index contributed by atoms with van der Waals surface area (Å²) in [6.45, 7) is 2.45. The smallest absolute Gasteiger partial charge is 0.319 e. The van der Waals surface area contributed by atoms with Crippen LogP contribution in [0, 0.1) is 0 Å². The number of halogens is 1. The minimum Gasteiger partial charge on any atom is -0.357 e. The van der Waals surface area contributed by atoms with Gasteiger partial charge in [0, 0.05) is 32.1 Å². The lowest BCUT2D eigenvalue weighted by Gasteiger charge is -2.21. The molecule has 0 bridgehead atoms. The van der Waals surface area contributed by atoms with Crippen LogP contribution in [0.15, 0.2) is 41.4 Å². The van der Waals surface area contributed by atoms with Gasteiger partial charge in [0.1, 0.15) is 5.82 Å². The first-order valence-electron chi connectivity index (χ1n) is 9.41. The van der Waals surface area contributed by atoms with Crippen LogP contribution in [0.2, 0.25) is 5.02 Å². The van der Waals surface area contributed by atoms with Gasteiger partial charge in [-0.3, -0.25) is 4.21 Å². The average Bonchev–Trinajstić information content (AvgIpc) is 2.96. The number of urea groups is 1. The van der Waals surface area contributed by atoms with E-state index < -0.39 is 10.8 Å². The van der Waals surface area contributed by atoms with Crippen molar-refractivity contribution in [2.24, 2.45) is 0 Å². The van der Waals surface area contributed by atoms with Crippen molar-refractivity contribution in [3.05, 3.63) is 47.1 Å². The second kappa shape index (κ2) is 9.89. The molecular weight excluding hydrogens is 396 g/mol. The highest BCUT2D eigenvalue weighted by Crippen LogP contribution is 2.27. The topological polar surface area (TPSA) is 74.3 Å². The lowest BCUT2D eigenvalue weighted by atomic mass is 10.2. The third-order valence-corrected chi connectivity index (χ3v) is 6.14. The lowest BCUT2D eigenvalue weighted by molar-refractivity contribution is 0.251. The van der Waals surface area contributed by atoms with Crippen molar-refractivity contribution in [2.45, 2.75) is 37.1 Å². The number of carbonyl (C=O) groups excluding carboxylic acids is 1. The summed E-state index contributed by atoms with van der Waals surface area (Å²) >= 11 is 6.09. The fraction of sp³-hybridized carbons (Fsp3) is 0.400. The molecule has 1 saturated heterocycles. The molecule has 1 aromatic carbocycles. The van der Waals surface area contributed by atoms with E-state index in [1.54, 1.807) is 24.4 Å². The Labute approximate surface area is 173 Å². The average molecular weight is 421 g/mol. The minimum atomic E-state index is -1.30. The van der Waals surface area contributed by atoms with Crippen molar-refractivity contribution in [1.29, 1.82) is 0 Å². The van der Waals surface area contributed by atoms with Gasteiger partial charge >= 0.3 is 6.03 Å². The highest BCUT2D eigenvalue weighted by molar-refractivity contribution is 7.84. The molecule has 1 fully saturated rings. The molecule has 2 heterocycles. The Morgan fingerprint density at radius 3 is 2.57 bits per heavy atom. The molecular formula is C20H25ClN4O2S. The molecule has 2 amide bonds. The molecule has 3 rings (SSSR count). The summed E-state index contributed by atoms with van der Waals surface area (Å²) in [7, 11) is -1.30. The van der Waals surface area contributed by atoms with Gasteiger partial charge in [-0.2, -0.15) is 0 Å². The SMILES string of the molecule is CS(=O)c1c(Cl)cccc1NC(=O)NCc1ccc(N2CCCCCC2)nc1. The highest BCUT2D eigenvalue weighted by atomic mass is 35.5. The van der Waals surface area contributed by atoms with Crippen LogP contribution in [-0.4, -0.2) is 34.6 Å². The van der Waals surface area contributed by atoms with Gasteiger partial charge in [-0.15, -0.1) is 0 Å². The van der Waals surface area contributed by atoms with E-state index in [1.165, 1.54) is 31.9 Å². The maximum Gasteiger partial charge on any atom is 0.319 e. The number of hydrogen-bond acceptors (Lipinski definition) is 4. The first-order valence-corrected chi connectivity index (χ1v) is 11.3. The molecule has 6 nitrogen and oxygen atoms in total. The number of nitrogens with zero attached hydrogens (tertiary/aromatic N) is 2. The molecule has 28 heavy (non-hydrogen) atoms. The van der Waals surface area contributed by atoms with Gasteiger partial charge in [0.05, 0.1) is 26.4 Å². The van der Waals surface area contributed by atoms with E-state index in [0.29, 0.717) is 22.2 Å². The number of benzene rings is 1. The van der Waals surface area contributed by atoms with Crippen LogP contribution in [0.5, 0.6) is 0 Å². The Bertz CT molecular complexity index is 837. The number of aromatic nitrogens is 1. The number of anilines is 2. The third kappa shape index (κ3) is 5.45. The summed E-state index contributed by atoms with van der Waals surface area (Å²) in [5.74, 6) is 0.990.